The minimum Gasteiger partial charge on any atom is -0.303 e. The molecule has 0 radical (unpaired) electrons. The molecule has 0 aliphatic rings. The van der Waals surface area contributed by atoms with Crippen LogP contribution in [0.2, 0.25) is 0 Å². The molecule has 0 fully saturated rings. The predicted octanol–water partition coefficient (Wildman–Crippen LogP) is 2.30. The second kappa shape index (κ2) is 6.45. The maximum Gasteiger partial charge on any atom is 0.241 e. The van der Waals surface area contributed by atoms with Crippen molar-refractivity contribution in [2.45, 2.75) is 17.4 Å². The van der Waals surface area contributed by atoms with Crippen LogP contribution < -0.4 is 4.72 Å². The minimum atomic E-state index is -3.64. The van der Waals surface area contributed by atoms with E-state index >= 15 is 0 Å². The number of carbonyl (C=O) groups is 1. The summed E-state index contributed by atoms with van der Waals surface area (Å²) in [5.74, 6) is 0. The number of rotatable bonds is 6. The fourth-order valence-corrected chi connectivity index (χ4v) is 3.15. The van der Waals surface area contributed by atoms with Gasteiger partial charge in [-0.05, 0) is 17.7 Å². The quantitative estimate of drug-likeness (QED) is 0.830. The molecule has 0 saturated carbocycles. The van der Waals surface area contributed by atoms with Crippen LogP contribution in [0.1, 0.15) is 18.0 Å². The molecular weight excluding hydrogens is 274 g/mol. The van der Waals surface area contributed by atoms with Crippen LogP contribution in [0.5, 0.6) is 0 Å². The number of hydrogen-bond acceptors (Lipinski definition) is 3. The second-order valence-electron chi connectivity index (χ2n) is 4.30. The molecule has 0 amide bonds. The number of benzene rings is 2. The Labute approximate surface area is 118 Å². The maximum atomic E-state index is 12.3. The van der Waals surface area contributed by atoms with Crippen LogP contribution in [-0.2, 0) is 14.8 Å². The standard InChI is InChI=1S/C15H15NO3S/c17-12-11-15(13-7-3-1-4-8-13)16-20(18,19)14-9-5-2-6-10-14/h1-10,12,15-16H,11H2. The summed E-state index contributed by atoms with van der Waals surface area (Å²) in [6.45, 7) is 0. The van der Waals surface area contributed by atoms with Gasteiger partial charge in [0.2, 0.25) is 10.0 Å². The largest absolute Gasteiger partial charge is 0.303 e. The van der Waals surface area contributed by atoms with Gasteiger partial charge >= 0.3 is 0 Å². The Bertz CT molecular complexity index is 654. The summed E-state index contributed by atoms with van der Waals surface area (Å²) in [7, 11) is -3.64. The third-order valence-electron chi connectivity index (χ3n) is 2.88. The highest BCUT2D eigenvalue weighted by molar-refractivity contribution is 7.89. The first kappa shape index (κ1) is 14.4. The van der Waals surface area contributed by atoms with E-state index in [1.807, 2.05) is 18.2 Å². The zero-order valence-electron chi connectivity index (χ0n) is 10.8. The van der Waals surface area contributed by atoms with Crippen LogP contribution >= 0.6 is 0 Å². The molecule has 0 heterocycles. The van der Waals surface area contributed by atoms with Gasteiger partial charge < -0.3 is 4.79 Å². The van der Waals surface area contributed by atoms with Crippen molar-refractivity contribution in [2.75, 3.05) is 0 Å². The lowest BCUT2D eigenvalue weighted by Crippen LogP contribution is -2.29. The summed E-state index contributed by atoms with van der Waals surface area (Å²) in [5, 5.41) is 0. The summed E-state index contributed by atoms with van der Waals surface area (Å²) >= 11 is 0. The van der Waals surface area contributed by atoms with Crippen LogP contribution in [0.4, 0.5) is 0 Å². The Morgan fingerprint density at radius 3 is 2.05 bits per heavy atom. The average molecular weight is 289 g/mol. The van der Waals surface area contributed by atoms with E-state index in [0.717, 1.165) is 5.56 Å². The van der Waals surface area contributed by atoms with Crippen molar-refractivity contribution in [2.24, 2.45) is 0 Å². The van der Waals surface area contributed by atoms with Crippen LogP contribution in [0.15, 0.2) is 65.6 Å². The Morgan fingerprint density at radius 2 is 1.50 bits per heavy atom. The first-order chi connectivity index (χ1) is 9.63. The summed E-state index contributed by atoms with van der Waals surface area (Å²) < 4.78 is 27.1. The van der Waals surface area contributed by atoms with E-state index in [-0.39, 0.29) is 11.3 Å². The molecule has 2 rings (SSSR count). The Balaban J connectivity index is 2.27. The molecule has 1 atom stereocenters. The van der Waals surface area contributed by atoms with Gasteiger partial charge in [-0.25, -0.2) is 13.1 Å². The van der Waals surface area contributed by atoms with Crippen LogP contribution in [0.3, 0.4) is 0 Å². The molecule has 0 saturated heterocycles. The minimum absolute atomic E-state index is 0.0933. The van der Waals surface area contributed by atoms with Gasteiger partial charge in [0.25, 0.3) is 0 Å². The number of sulfonamides is 1. The van der Waals surface area contributed by atoms with E-state index in [9.17, 15) is 13.2 Å². The summed E-state index contributed by atoms with van der Waals surface area (Å²) in [5.41, 5.74) is 0.763. The van der Waals surface area contributed by atoms with Crippen molar-refractivity contribution < 1.29 is 13.2 Å². The maximum absolute atomic E-state index is 12.3. The zero-order chi connectivity index (χ0) is 14.4. The van der Waals surface area contributed by atoms with Crippen molar-refractivity contribution in [1.82, 2.24) is 4.72 Å². The number of nitrogens with one attached hydrogen (secondary N) is 1. The van der Waals surface area contributed by atoms with Gasteiger partial charge in [-0.2, -0.15) is 0 Å². The van der Waals surface area contributed by atoms with Crippen LogP contribution in [0, 0.1) is 0 Å². The van der Waals surface area contributed by atoms with Crippen molar-refractivity contribution in [3.8, 4) is 0 Å². The highest BCUT2D eigenvalue weighted by Crippen LogP contribution is 2.19. The highest BCUT2D eigenvalue weighted by Gasteiger charge is 2.20. The molecule has 2 aromatic carbocycles. The zero-order valence-corrected chi connectivity index (χ0v) is 11.6. The number of aldehydes is 1. The predicted molar refractivity (Wildman–Crippen MR) is 76.6 cm³/mol. The summed E-state index contributed by atoms with van der Waals surface area (Å²) in [4.78, 5) is 11.0. The average Bonchev–Trinajstić information content (AvgIpc) is 2.48. The van der Waals surface area contributed by atoms with Crippen LogP contribution in [0.25, 0.3) is 0 Å². The van der Waals surface area contributed by atoms with E-state index in [4.69, 9.17) is 0 Å². The van der Waals surface area contributed by atoms with Gasteiger partial charge in [-0.3, -0.25) is 0 Å². The molecule has 1 unspecified atom stereocenters. The van der Waals surface area contributed by atoms with Gasteiger partial charge in [0.05, 0.1) is 10.9 Å². The number of hydrogen-bond donors (Lipinski definition) is 1. The van der Waals surface area contributed by atoms with Gasteiger partial charge in [0, 0.05) is 6.42 Å². The fraction of sp³-hybridized carbons (Fsp3) is 0.133. The third-order valence-corrected chi connectivity index (χ3v) is 4.37. The van der Waals surface area contributed by atoms with E-state index in [0.29, 0.717) is 6.29 Å². The molecule has 5 heteroatoms. The van der Waals surface area contributed by atoms with E-state index in [2.05, 4.69) is 4.72 Å². The van der Waals surface area contributed by atoms with E-state index in [1.54, 1.807) is 30.3 Å². The normalized spacial score (nSPS) is 12.8. The molecular formula is C15H15NO3S. The molecule has 20 heavy (non-hydrogen) atoms. The first-order valence-electron chi connectivity index (χ1n) is 6.19. The molecule has 0 bridgehead atoms. The Hall–Kier alpha value is -1.98. The van der Waals surface area contributed by atoms with Crippen molar-refractivity contribution in [3.05, 3.63) is 66.2 Å². The molecule has 4 nitrogen and oxygen atoms in total. The van der Waals surface area contributed by atoms with Gasteiger partial charge in [0.15, 0.2) is 0 Å². The topological polar surface area (TPSA) is 63.2 Å². The molecule has 0 spiro atoms. The van der Waals surface area contributed by atoms with Crippen molar-refractivity contribution >= 4 is 16.3 Å². The number of carbonyl (C=O) groups excluding carboxylic acids is 1. The highest BCUT2D eigenvalue weighted by atomic mass is 32.2. The molecule has 0 aliphatic carbocycles. The lowest BCUT2D eigenvalue weighted by molar-refractivity contribution is -0.108. The fourth-order valence-electron chi connectivity index (χ4n) is 1.89. The first-order valence-corrected chi connectivity index (χ1v) is 7.68. The van der Waals surface area contributed by atoms with E-state index < -0.39 is 16.1 Å². The smallest absolute Gasteiger partial charge is 0.241 e. The Morgan fingerprint density at radius 1 is 0.950 bits per heavy atom. The van der Waals surface area contributed by atoms with Crippen molar-refractivity contribution in [1.29, 1.82) is 0 Å². The summed E-state index contributed by atoms with van der Waals surface area (Å²) in [6, 6.07) is 16.6. The van der Waals surface area contributed by atoms with E-state index in [1.165, 1.54) is 12.1 Å². The van der Waals surface area contributed by atoms with Gasteiger partial charge in [0.1, 0.15) is 6.29 Å². The molecule has 1 N–H and O–H groups in total. The lowest BCUT2D eigenvalue weighted by Gasteiger charge is -2.17. The SMILES string of the molecule is O=CCC(NS(=O)(=O)c1ccccc1)c1ccccc1. The van der Waals surface area contributed by atoms with Crippen molar-refractivity contribution in [3.63, 3.8) is 0 Å². The third kappa shape index (κ3) is 3.53. The second-order valence-corrected chi connectivity index (χ2v) is 6.01. The van der Waals surface area contributed by atoms with Crippen LogP contribution in [-0.4, -0.2) is 14.7 Å². The van der Waals surface area contributed by atoms with Gasteiger partial charge in [-0.1, -0.05) is 48.5 Å². The molecule has 104 valence electrons. The molecule has 0 aliphatic heterocycles. The van der Waals surface area contributed by atoms with Gasteiger partial charge in [-0.15, -0.1) is 0 Å². The summed E-state index contributed by atoms with van der Waals surface area (Å²) in [6.07, 6.45) is 0.807. The molecule has 0 aromatic heterocycles. The lowest BCUT2D eigenvalue weighted by atomic mass is 10.1. The monoisotopic (exact) mass is 289 g/mol. The Kier molecular flexibility index (Phi) is 4.65. The molecule has 2 aromatic rings.